The first-order valence-electron chi connectivity index (χ1n) is 8.76. The molecule has 0 saturated carbocycles. The van der Waals surface area contributed by atoms with Crippen LogP contribution in [0.5, 0.6) is 17.2 Å². The quantitative estimate of drug-likeness (QED) is 0.278. The summed E-state index contributed by atoms with van der Waals surface area (Å²) in [5.41, 5.74) is -0.747. The highest BCUT2D eigenvalue weighted by Crippen LogP contribution is 2.43. The van der Waals surface area contributed by atoms with E-state index in [1.807, 2.05) is 6.92 Å². The van der Waals surface area contributed by atoms with E-state index in [1.165, 1.54) is 0 Å². The summed E-state index contributed by atoms with van der Waals surface area (Å²) in [5.74, 6) is 0.437. The van der Waals surface area contributed by atoms with Crippen LogP contribution < -0.4 is 13.6 Å². The van der Waals surface area contributed by atoms with Crippen molar-refractivity contribution >= 4 is 8.60 Å². The van der Waals surface area contributed by atoms with E-state index in [9.17, 15) is 26.3 Å². The first kappa shape index (κ1) is 22.7. The van der Waals surface area contributed by atoms with Gasteiger partial charge in [0.25, 0.3) is 0 Å². The van der Waals surface area contributed by atoms with Crippen LogP contribution in [0.2, 0.25) is 0 Å². The maximum absolute atomic E-state index is 12.7. The van der Waals surface area contributed by atoms with Gasteiger partial charge in [-0.1, -0.05) is 17.7 Å². The van der Waals surface area contributed by atoms with Crippen molar-refractivity contribution in [1.29, 1.82) is 0 Å². The fraction of sp³-hybridized carbons (Fsp3) is 0.143. The van der Waals surface area contributed by atoms with Crippen LogP contribution in [-0.4, -0.2) is 0 Å². The summed E-state index contributed by atoms with van der Waals surface area (Å²) in [4.78, 5) is 0. The van der Waals surface area contributed by atoms with E-state index in [2.05, 4.69) is 0 Å². The van der Waals surface area contributed by atoms with Crippen LogP contribution in [0.15, 0.2) is 72.8 Å². The number of hydrogen-bond donors (Lipinski definition) is 0. The molecule has 10 heteroatoms. The van der Waals surface area contributed by atoms with Gasteiger partial charge < -0.3 is 13.6 Å². The normalized spacial score (nSPS) is 12.0. The highest BCUT2D eigenvalue weighted by molar-refractivity contribution is 7.43. The van der Waals surface area contributed by atoms with Gasteiger partial charge in [-0.25, -0.2) is 0 Å². The zero-order chi connectivity index (χ0) is 22.6. The van der Waals surface area contributed by atoms with Crippen LogP contribution in [0.1, 0.15) is 16.7 Å². The Morgan fingerprint density at radius 3 is 1.10 bits per heavy atom. The first-order chi connectivity index (χ1) is 14.5. The molecule has 3 aromatic carbocycles. The van der Waals surface area contributed by atoms with Crippen LogP contribution in [-0.2, 0) is 12.4 Å². The predicted molar refractivity (Wildman–Crippen MR) is 103 cm³/mol. The molecule has 3 nitrogen and oxygen atoms in total. The van der Waals surface area contributed by atoms with E-state index in [0.29, 0.717) is 5.75 Å². The topological polar surface area (TPSA) is 27.7 Å². The van der Waals surface area contributed by atoms with Gasteiger partial charge in [-0.3, -0.25) is 0 Å². The standard InChI is InChI=1S/C21H15F6O3P/c1-14-2-8-17(9-3-14)28-31(29-18-10-4-15(5-11-18)20(22,23)24)30-19-12-6-16(7-13-19)21(25,26)27/h2-13H,1H3. The van der Waals surface area contributed by atoms with Crippen molar-refractivity contribution in [3.05, 3.63) is 89.5 Å². The minimum absolute atomic E-state index is 0.0399. The van der Waals surface area contributed by atoms with Gasteiger partial charge >= 0.3 is 21.0 Å². The molecule has 0 aliphatic carbocycles. The summed E-state index contributed by atoms with van der Waals surface area (Å²) in [7, 11) is -2.24. The Kier molecular flexibility index (Phi) is 6.65. The van der Waals surface area contributed by atoms with Gasteiger partial charge in [0.2, 0.25) is 0 Å². The summed E-state index contributed by atoms with van der Waals surface area (Å²) >= 11 is 0. The van der Waals surface area contributed by atoms with Crippen molar-refractivity contribution in [1.82, 2.24) is 0 Å². The predicted octanol–water partition coefficient (Wildman–Crippen LogP) is 7.80. The van der Waals surface area contributed by atoms with Gasteiger partial charge in [0.15, 0.2) is 0 Å². The second kappa shape index (κ2) is 9.06. The Bertz CT molecular complexity index is 925. The molecule has 0 N–H and O–H groups in total. The van der Waals surface area contributed by atoms with Crippen LogP contribution in [0.4, 0.5) is 26.3 Å². The highest BCUT2D eigenvalue weighted by atomic mass is 31.2. The van der Waals surface area contributed by atoms with Gasteiger partial charge in [-0.15, -0.1) is 0 Å². The van der Waals surface area contributed by atoms with E-state index in [1.54, 1.807) is 24.3 Å². The molecule has 0 atom stereocenters. The van der Waals surface area contributed by atoms with Crippen LogP contribution >= 0.6 is 8.60 Å². The van der Waals surface area contributed by atoms with Crippen molar-refractivity contribution < 1.29 is 39.9 Å². The van der Waals surface area contributed by atoms with Crippen molar-refractivity contribution in [2.24, 2.45) is 0 Å². The molecule has 0 heterocycles. The third kappa shape index (κ3) is 6.52. The van der Waals surface area contributed by atoms with E-state index in [4.69, 9.17) is 13.6 Å². The Hall–Kier alpha value is -2.93. The van der Waals surface area contributed by atoms with Crippen molar-refractivity contribution in [2.45, 2.75) is 19.3 Å². The molecule has 31 heavy (non-hydrogen) atoms. The van der Waals surface area contributed by atoms with E-state index in [-0.39, 0.29) is 11.5 Å². The number of aryl methyl sites for hydroxylation is 1. The van der Waals surface area contributed by atoms with Crippen LogP contribution in [0.3, 0.4) is 0 Å². The molecule has 0 saturated heterocycles. The minimum atomic E-state index is -4.50. The summed E-state index contributed by atoms with van der Waals surface area (Å²) in [6.07, 6.45) is -9.00. The lowest BCUT2D eigenvalue weighted by Crippen LogP contribution is -2.06. The SMILES string of the molecule is Cc1ccc(OP(Oc2ccc(C(F)(F)F)cc2)Oc2ccc(C(F)(F)F)cc2)cc1. The molecule has 0 amide bonds. The van der Waals surface area contributed by atoms with Gasteiger partial charge in [0.1, 0.15) is 17.2 Å². The van der Waals surface area contributed by atoms with E-state index >= 15 is 0 Å². The largest absolute Gasteiger partial charge is 0.530 e. The van der Waals surface area contributed by atoms with Gasteiger partial charge in [0.05, 0.1) is 11.1 Å². The van der Waals surface area contributed by atoms with Gasteiger partial charge in [-0.2, -0.15) is 26.3 Å². The van der Waals surface area contributed by atoms with E-state index in [0.717, 1.165) is 54.1 Å². The summed E-state index contributed by atoms with van der Waals surface area (Å²) in [6.45, 7) is 1.87. The van der Waals surface area contributed by atoms with Crippen molar-refractivity contribution in [3.8, 4) is 17.2 Å². The average molecular weight is 460 g/mol. The summed E-state index contributed by atoms with van der Waals surface area (Å²) in [5, 5.41) is 0. The number of halogens is 6. The Morgan fingerprint density at radius 1 is 0.516 bits per heavy atom. The van der Waals surface area contributed by atoms with E-state index < -0.39 is 32.1 Å². The zero-order valence-electron chi connectivity index (χ0n) is 15.9. The molecule has 3 aromatic rings. The molecule has 0 bridgehead atoms. The lowest BCUT2D eigenvalue weighted by atomic mass is 10.2. The number of rotatable bonds is 6. The maximum atomic E-state index is 12.7. The molecule has 0 aromatic heterocycles. The molecule has 164 valence electrons. The fourth-order valence-electron chi connectivity index (χ4n) is 2.32. The number of benzene rings is 3. The molecular formula is C21H15F6O3P. The Morgan fingerprint density at radius 2 is 0.806 bits per heavy atom. The zero-order valence-corrected chi connectivity index (χ0v) is 16.8. The van der Waals surface area contributed by atoms with Gasteiger partial charge in [0, 0.05) is 0 Å². The first-order valence-corrected chi connectivity index (χ1v) is 9.85. The number of hydrogen-bond acceptors (Lipinski definition) is 3. The lowest BCUT2D eigenvalue weighted by Gasteiger charge is -2.18. The third-order valence-corrected chi connectivity index (χ3v) is 5.00. The summed E-state index contributed by atoms with van der Waals surface area (Å²) < 4.78 is 93.2. The lowest BCUT2D eigenvalue weighted by molar-refractivity contribution is -0.138. The number of alkyl halides is 6. The smallest absolute Gasteiger partial charge is 0.409 e. The molecule has 0 fully saturated rings. The molecule has 3 rings (SSSR count). The van der Waals surface area contributed by atoms with Crippen LogP contribution in [0.25, 0.3) is 0 Å². The second-order valence-electron chi connectivity index (χ2n) is 6.35. The molecule has 0 spiro atoms. The Balaban J connectivity index is 1.79. The van der Waals surface area contributed by atoms with Crippen LogP contribution in [0, 0.1) is 6.92 Å². The average Bonchev–Trinajstić information content (AvgIpc) is 2.69. The monoisotopic (exact) mass is 460 g/mol. The molecule has 0 aliphatic rings. The fourth-order valence-corrected chi connectivity index (χ4v) is 3.32. The maximum Gasteiger partial charge on any atom is 0.530 e. The van der Waals surface area contributed by atoms with Crippen molar-refractivity contribution in [3.63, 3.8) is 0 Å². The van der Waals surface area contributed by atoms with Crippen molar-refractivity contribution in [2.75, 3.05) is 0 Å². The molecule has 0 aliphatic heterocycles. The molecule has 0 radical (unpaired) electrons. The third-order valence-electron chi connectivity index (χ3n) is 3.92. The summed E-state index contributed by atoms with van der Waals surface area (Å²) in [6, 6.07) is 14.6. The Labute approximate surface area is 175 Å². The highest BCUT2D eigenvalue weighted by Gasteiger charge is 2.31. The second-order valence-corrected chi connectivity index (χ2v) is 7.35. The molecular weight excluding hydrogens is 445 g/mol. The molecule has 0 unspecified atom stereocenters. The minimum Gasteiger partial charge on any atom is -0.409 e. The van der Waals surface area contributed by atoms with Gasteiger partial charge in [-0.05, 0) is 67.6 Å².